The van der Waals surface area contributed by atoms with Crippen molar-refractivity contribution in [2.75, 3.05) is 10.5 Å². The highest BCUT2D eigenvalue weighted by molar-refractivity contribution is 7.92. The molecular formula is C27H27N5O3S. The van der Waals surface area contributed by atoms with E-state index in [2.05, 4.69) is 25.3 Å². The van der Waals surface area contributed by atoms with Crippen LogP contribution < -0.4 is 9.46 Å². The van der Waals surface area contributed by atoms with Crippen molar-refractivity contribution in [3.63, 3.8) is 0 Å². The fraction of sp³-hybridized carbons (Fsp3) is 0.296. The van der Waals surface area contributed by atoms with Gasteiger partial charge in [-0.2, -0.15) is 5.26 Å². The molecule has 1 aliphatic carbocycles. The van der Waals surface area contributed by atoms with E-state index in [0.29, 0.717) is 36.1 Å². The van der Waals surface area contributed by atoms with Crippen LogP contribution in [0, 0.1) is 11.3 Å². The summed E-state index contributed by atoms with van der Waals surface area (Å²) < 4.78 is 35.2. The van der Waals surface area contributed by atoms with Crippen molar-refractivity contribution in [3.8, 4) is 23.1 Å². The SMILES string of the molecule is CCCS(=O)(=O)Nc1ccc(-c2c(C#N)c3ccc(OCc4cnccn4)cc3n2C2CCC2)cc1. The number of hydrogen-bond donors (Lipinski definition) is 1. The molecule has 5 rings (SSSR count). The van der Waals surface area contributed by atoms with E-state index in [0.717, 1.165) is 47.1 Å². The number of nitriles is 1. The lowest BCUT2D eigenvalue weighted by atomic mass is 9.92. The highest BCUT2D eigenvalue weighted by Gasteiger charge is 2.28. The van der Waals surface area contributed by atoms with E-state index in [1.165, 1.54) is 0 Å². The van der Waals surface area contributed by atoms with Crippen molar-refractivity contribution in [2.45, 2.75) is 45.3 Å². The molecule has 36 heavy (non-hydrogen) atoms. The molecule has 0 spiro atoms. The molecule has 2 heterocycles. The van der Waals surface area contributed by atoms with E-state index in [-0.39, 0.29) is 5.75 Å². The number of nitrogens with zero attached hydrogens (tertiary/aromatic N) is 4. The summed E-state index contributed by atoms with van der Waals surface area (Å²) in [4.78, 5) is 8.33. The number of anilines is 1. The molecule has 0 atom stereocenters. The van der Waals surface area contributed by atoms with Crippen LogP contribution in [0.5, 0.6) is 5.75 Å². The Morgan fingerprint density at radius 2 is 1.97 bits per heavy atom. The van der Waals surface area contributed by atoms with Gasteiger partial charge in [-0.1, -0.05) is 19.1 Å². The van der Waals surface area contributed by atoms with Gasteiger partial charge in [0.1, 0.15) is 18.4 Å². The lowest BCUT2D eigenvalue weighted by Gasteiger charge is -2.30. The highest BCUT2D eigenvalue weighted by Crippen LogP contribution is 2.43. The monoisotopic (exact) mass is 501 g/mol. The molecule has 8 nitrogen and oxygen atoms in total. The van der Waals surface area contributed by atoms with Crippen LogP contribution in [0.2, 0.25) is 0 Å². The summed E-state index contributed by atoms with van der Waals surface area (Å²) in [5.74, 6) is 0.771. The molecule has 2 aromatic carbocycles. The Morgan fingerprint density at radius 3 is 2.61 bits per heavy atom. The number of nitrogens with one attached hydrogen (secondary N) is 1. The maximum Gasteiger partial charge on any atom is 0.232 e. The number of sulfonamides is 1. The smallest absolute Gasteiger partial charge is 0.232 e. The fourth-order valence-corrected chi connectivity index (χ4v) is 5.69. The van der Waals surface area contributed by atoms with Crippen molar-refractivity contribution >= 4 is 26.6 Å². The minimum Gasteiger partial charge on any atom is -0.487 e. The summed E-state index contributed by atoms with van der Waals surface area (Å²) in [7, 11) is -3.37. The zero-order valence-electron chi connectivity index (χ0n) is 20.0. The number of rotatable bonds is 9. The lowest BCUT2D eigenvalue weighted by Crippen LogP contribution is -2.18. The molecule has 1 N–H and O–H groups in total. The molecule has 0 radical (unpaired) electrons. The van der Waals surface area contributed by atoms with Crippen molar-refractivity contribution in [2.24, 2.45) is 0 Å². The molecule has 184 valence electrons. The van der Waals surface area contributed by atoms with Crippen LogP contribution in [0.25, 0.3) is 22.2 Å². The quantitative estimate of drug-likeness (QED) is 0.328. The van der Waals surface area contributed by atoms with E-state index < -0.39 is 10.0 Å². The van der Waals surface area contributed by atoms with Crippen LogP contribution in [0.1, 0.15) is 49.9 Å². The second kappa shape index (κ2) is 9.99. The maximum atomic E-state index is 12.2. The summed E-state index contributed by atoms with van der Waals surface area (Å²) in [6, 6.07) is 15.8. The minimum atomic E-state index is -3.37. The van der Waals surface area contributed by atoms with Gasteiger partial charge in [0, 0.05) is 35.6 Å². The van der Waals surface area contributed by atoms with Crippen molar-refractivity contribution < 1.29 is 13.2 Å². The molecule has 0 aliphatic heterocycles. The fourth-order valence-electron chi connectivity index (χ4n) is 4.56. The normalized spacial score (nSPS) is 13.8. The van der Waals surface area contributed by atoms with E-state index in [1.807, 2.05) is 37.3 Å². The first-order chi connectivity index (χ1) is 17.5. The van der Waals surface area contributed by atoms with Crippen LogP contribution in [-0.4, -0.2) is 28.7 Å². The molecule has 0 saturated heterocycles. The number of benzene rings is 2. The van der Waals surface area contributed by atoms with E-state index >= 15 is 0 Å². The van der Waals surface area contributed by atoms with Crippen molar-refractivity contribution in [1.29, 1.82) is 5.26 Å². The van der Waals surface area contributed by atoms with E-state index in [4.69, 9.17) is 4.74 Å². The summed E-state index contributed by atoms with van der Waals surface area (Å²) in [6.07, 6.45) is 8.71. The second-order valence-electron chi connectivity index (χ2n) is 8.95. The van der Waals surface area contributed by atoms with Gasteiger partial charge in [-0.05, 0) is 55.5 Å². The largest absolute Gasteiger partial charge is 0.487 e. The Morgan fingerprint density at radius 1 is 1.17 bits per heavy atom. The first kappa shape index (κ1) is 23.8. The van der Waals surface area contributed by atoms with Crippen molar-refractivity contribution in [1.82, 2.24) is 14.5 Å². The predicted octanol–water partition coefficient (Wildman–Crippen LogP) is 5.43. The van der Waals surface area contributed by atoms with Gasteiger partial charge in [-0.3, -0.25) is 14.7 Å². The molecule has 9 heteroatoms. The third-order valence-corrected chi connectivity index (χ3v) is 7.93. The second-order valence-corrected chi connectivity index (χ2v) is 10.8. The van der Waals surface area contributed by atoms with Gasteiger partial charge in [0.05, 0.1) is 34.4 Å². The van der Waals surface area contributed by atoms with Gasteiger partial charge in [0.25, 0.3) is 0 Å². The molecule has 2 aromatic heterocycles. The first-order valence-electron chi connectivity index (χ1n) is 12.1. The standard InChI is InChI=1S/C27H27N5O3S/c1-2-14-36(33,34)31-20-8-6-19(7-9-20)27-25(16-28)24-11-10-23(35-18-21-17-29-12-13-30-21)15-26(24)32(27)22-4-3-5-22/h6-13,15,17,22,31H,2-5,14,18H2,1H3. The van der Waals surface area contributed by atoms with Gasteiger partial charge in [0.15, 0.2) is 0 Å². The number of hydrogen-bond acceptors (Lipinski definition) is 6. The third kappa shape index (κ3) is 4.77. The van der Waals surface area contributed by atoms with Crippen LogP contribution >= 0.6 is 0 Å². The number of aromatic nitrogens is 3. The maximum absolute atomic E-state index is 12.2. The van der Waals surface area contributed by atoms with Gasteiger partial charge in [0.2, 0.25) is 10.0 Å². The third-order valence-electron chi connectivity index (χ3n) is 6.44. The average molecular weight is 502 g/mol. The Balaban J connectivity index is 1.53. The van der Waals surface area contributed by atoms with Crippen LogP contribution in [0.15, 0.2) is 61.1 Å². The van der Waals surface area contributed by atoms with Crippen molar-refractivity contribution in [3.05, 3.63) is 72.3 Å². The minimum absolute atomic E-state index is 0.0739. The number of fused-ring (bicyclic) bond motifs is 1. The molecule has 0 bridgehead atoms. The van der Waals surface area contributed by atoms with E-state index in [1.54, 1.807) is 30.7 Å². The predicted molar refractivity (Wildman–Crippen MR) is 139 cm³/mol. The molecular weight excluding hydrogens is 474 g/mol. The molecule has 1 fully saturated rings. The topological polar surface area (TPSA) is 110 Å². The van der Waals surface area contributed by atoms with Gasteiger partial charge >= 0.3 is 0 Å². The summed E-state index contributed by atoms with van der Waals surface area (Å²) >= 11 is 0. The lowest BCUT2D eigenvalue weighted by molar-refractivity contribution is 0.300. The average Bonchev–Trinajstić information content (AvgIpc) is 3.16. The van der Waals surface area contributed by atoms with Gasteiger partial charge < -0.3 is 9.30 Å². The van der Waals surface area contributed by atoms with Crippen LogP contribution in [-0.2, 0) is 16.6 Å². The Labute approximate surface area is 210 Å². The Hall–Kier alpha value is -3.90. The van der Waals surface area contributed by atoms with Gasteiger partial charge in [-0.15, -0.1) is 0 Å². The van der Waals surface area contributed by atoms with Crippen LogP contribution in [0.3, 0.4) is 0 Å². The highest BCUT2D eigenvalue weighted by atomic mass is 32.2. The van der Waals surface area contributed by atoms with E-state index in [9.17, 15) is 13.7 Å². The summed E-state index contributed by atoms with van der Waals surface area (Å²) in [5, 5.41) is 11.0. The Kier molecular flexibility index (Phi) is 6.61. The summed E-state index contributed by atoms with van der Waals surface area (Å²) in [6.45, 7) is 2.13. The first-order valence-corrected chi connectivity index (χ1v) is 13.7. The molecule has 4 aromatic rings. The molecule has 1 aliphatic rings. The molecule has 0 unspecified atom stereocenters. The number of ether oxygens (including phenoxy) is 1. The zero-order chi connectivity index (χ0) is 25.1. The van der Waals surface area contributed by atoms with Gasteiger partial charge in [-0.25, -0.2) is 8.42 Å². The molecule has 0 amide bonds. The Bertz CT molecular complexity index is 1520. The zero-order valence-corrected chi connectivity index (χ0v) is 20.8. The van der Waals surface area contributed by atoms with Crippen LogP contribution in [0.4, 0.5) is 5.69 Å². The summed E-state index contributed by atoms with van der Waals surface area (Å²) in [5.41, 5.74) is 4.53. The molecule has 1 saturated carbocycles.